The number of amides is 3. The molecule has 37 heavy (non-hydrogen) atoms. The summed E-state index contributed by atoms with van der Waals surface area (Å²) < 4.78 is 16.6. The predicted molar refractivity (Wildman–Crippen MR) is 128 cm³/mol. The van der Waals surface area contributed by atoms with Crippen LogP contribution < -0.4 is 9.64 Å². The number of aliphatic hydroxyl groups excluding tert-OH is 1. The van der Waals surface area contributed by atoms with Gasteiger partial charge in [0.15, 0.2) is 5.82 Å². The summed E-state index contributed by atoms with van der Waals surface area (Å²) >= 11 is 0. The van der Waals surface area contributed by atoms with Crippen LogP contribution in [0.5, 0.6) is 5.75 Å². The summed E-state index contributed by atoms with van der Waals surface area (Å²) in [4.78, 5) is 46.2. The zero-order valence-electron chi connectivity index (χ0n) is 20.7. The highest BCUT2D eigenvalue weighted by molar-refractivity contribution is 6.36. The molecule has 3 amide bonds. The van der Waals surface area contributed by atoms with Gasteiger partial charge in [-0.15, -0.1) is 0 Å². The molecular weight excluding hydrogens is 482 g/mol. The Morgan fingerprint density at radius 2 is 1.95 bits per heavy atom. The molecule has 3 fully saturated rings. The van der Waals surface area contributed by atoms with Crippen LogP contribution in [0.15, 0.2) is 28.8 Å². The van der Waals surface area contributed by atoms with Crippen LogP contribution in [0, 0.1) is 5.92 Å². The fourth-order valence-electron chi connectivity index (χ4n) is 4.68. The molecule has 1 aromatic heterocycles. The minimum Gasteiger partial charge on any atom is -0.495 e. The second kappa shape index (κ2) is 10.9. The molecule has 1 N–H and O–H groups in total. The Bertz CT molecular complexity index is 1140. The van der Waals surface area contributed by atoms with Gasteiger partial charge in [-0.05, 0) is 50.2 Å². The molecule has 0 radical (unpaired) electrons. The van der Waals surface area contributed by atoms with Crippen molar-refractivity contribution in [1.82, 2.24) is 19.9 Å². The van der Waals surface area contributed by atoms with E-state index in [9.17, 15) is 19.5 Å². The highest BCUT2D eigenvalue weighted by Crippen LogP contribution is 2.32. The number of methoxy groups -OCH3 is 1. The first kappa shape index (κ1) is 25.2. The van der Waals surface area contributed by atoms with E-state index >= 15 is 0 Å². The average Bonchev–Trinajstić information content (AvgIpc) is 3.60. The minimum absolute atomic E-state index is 0.0238. The lowest BCUT2D eigenvalue weighted by Crippen LogP contribution is -2.41. The van der Waals surface area contributed by atoms with Gasteiger partial charge in [-0.1, -0.05) is 17.3 Å². The Hall–Kier alpha value is -3.51. The second-order valence-electron chi connectivity index (χ2n) is 9.63. The molecule has 1 unspecified atom stereocenters. The molecule has 2 saturated heterocycles. The standard InChI is InChI=1S/C25H31N5O7/c1-35-19-8-3-2-7-18(19)28(14-17-6-4-5-11-36-17)22(31)12-20-26-21(37-27-20)15-30-24(33)23(32)29(25(30)34)13-16-9-10-16/h2-3,7-8,16-17,25,34H,4-6,9-15H2,1H3/t17-,25?/m1/s1. The van der Waals surface area contributed by atoms with E-state index in [4.69, 9.17) is 14.0 Å². The maximum atomic E-state index is 13.4. The van der Waals surface area contributed by atoms with E-state index in [0.29, 0.717) is 37.1 Å². The number of para-hydroxylation sites is 2. The first-order valence-corrected chi connectivity index (χ1v) is 12.6. The van der Waals surface area contributed by atoms with E-state index in [0.717, 1.165) is 37.0 Å². The third-order valence-corrected chi connectivity index (χ3v) is 6.88. The van der Waals surface area contributed by atoms with E-state index in [2.05, 4.69) is 10.1 Å². The number of carbonyl (C=O) groups excluding carboxylic acids is 3. The first-order valence-electron chi connectivity index (χ1n) is 12.6. The van der Waals surface area contributed by atoms with Crippen molar-refractivity contribution in [3.63, 3.8) is 0 Å². The third kappa shape index (κ3) is 5.59. The fourth-order valence-corrected chi connectivity index (χ4v) is 4.68. The van der Waals surface area contributed by atoms with Gasteiger partial charge in [-0.2, -0.15) is 4.98 Å². The zero-order chi connectivity index (χ0) is 25.9. The SMILES string of the molecule is COc1ccccc1N(C[C@H]1CCCCO1)C(=O)Cc1noc(CN2C(=O)C(=O)N(CC3CC3)C2O)n1. The number of nitrogens with zero attached hydrogens (tertiary/aromatic N) is 5. The summed E-state index contributed by atoms with van der Waals surface area (Å²) in [5.74, 6) is -0.804. The van der Waals surface area contributed by atoms with Crippen LogP contribution in [0.3, 0.4) is 0 Å². The summed E-state index contributed by atoms with van der Waals surface area (Å²) in [6.45, 7) is 1.13. The summed E-state index contributed by atoms with van der Waals surface area (Å²) in [7, 11) is 1.55. The molecule has 3 aliphatic rings. The Kier molecular flexibility index (Phi) is 7.38. The highest BCUT2D eigenvalue weighted by atomic mass is 16.5. The van der Waals surface area contributed by atoms with Gasteiger partial charge in [-0.3, -0.25) is 24.2 Å². The lowest BCUT2D eigenvalue weighted by molar-refractivity contribution is -0.143. The van der Waals surface area contributed by atoms with Crippen molar-refractivity contribution in [2.75, 3.05) is 31.7 Å². The van der Waals surface area contributed by atoms with Gasteiger partial charge in [0.1, 0.15) is 12.3 Å². The molecular formula is C25H31N5O7. The van der Waals surface area contributed by atoms with Crippen LogP contribution in [-0.2, 0) is 32.1 Å². The quantitative estimate of drug-likeness (QED) is 0.462. The van der Waals surface area contributed by atoms with Crippen LogP contribution >= 0.6 is 0 Å². The number of hydrogen-bond donors (Lipinski definition) is 1. The van der Waals surface area contributed by atoms with Gasteiger partial charge < -0.3 is 24.0 Å². The maximum Gasteiger partial charge on any atom is 0.316 e. The van der Waals surface area contributed by atoms with Gasteiger partial charge in [0.25, 0.3) is 0 Å². The van der Waals surface area contributed by atoms with Crippen LogP contribution in [0.25, 0.3) is 0 Å². The number of hydrogen-bond acceptors (Lipinski definition) is 9. The molecule has 1 aromatic carbocycles. The lowest BCUT2D eigenvalue weighted by Gasteiger charge is -2.30. The average molecular weight is 514 g/mol. The van der Waals surface area contributed by atoms with Crippen LogP contribution in [0.2, 0.25) is 0 Å². The third-order valence-electron chi connectivity index (χ3n) is 6.88. The molecule has 1 aliphatic carbocycles. The van der Waals surface area contributed by atoms with Gasteiger partial charge in [0, 0.05) is 13.2 Å². The van der Waals surface area contributed by atoms with Gasteiger partial charge in [0.2, 0.25) is 18.1 Å². The van der Waals surface area contributed by atoms with Crippen molar-refractivity contribution in [2.24, 2.45) is 5.92 Å². The molecule has 0 spiro atoms. The van der Waals surface area contributed by atoms with Crippen LogP contribution in [-0.4, -0.2) is 82.0 Å². The van der Waals surface area contributed by atoms with Gasteiger partial charge >= 0.3 is 11.8 Å². The van der Waals surface area contributed by atoms with Crippen molar-refractivity contribution in [2.45, 2.75) is 57.5 Å². The second-order valence-corrected chi connectivity index (χ2v) is 9.63. The summed E-state index contributed by atoms with van der Waals surface area (Å²) in [6.07, 6.45) is 3.22. The number of aliphatic hydroxyl groups is 1. The smallest absolute Gasteiger partial charge is 0.316 e. The number of carbonyl (C=O) groups is 3. The van der Waals surface area contributed by atoms with E-state index in [1.54, 1.807) is 18.1 Å². The lowest BCUT2D eigenvalue weighted by atomic mass is 10.1. The van der Waals surface area contributed by atoms with Crippen molar-refractivity contribution in [3.05, 3.63) is 36.0 Å². The molecule has 2 aromatic rings. The first-order chi connectivity index (χ1) is 17.9. The Morgan fingerprint density at radius 3 is 2.68 bits per heavy atom. The zero-order valence-corrected chi connectivity index (χ0v) is 20.7. The van der Waals surface area contributed by atoms with Crippen molar-refractivity contribution in [1.29, 1.82) is 0 Å². The topological polar surface area (TPSA) is 139 Å². The Balaban J connectivity index is 1.27. The van der Waals surface area contributed by atoms with Crippen molar-refractivity contribution in [3.8, 4) is 5.75 Å². The summed E-state index contributed by atoms with van der Waals surface area (Å²) in [5, 5.41) is 14.4. The fraction of sp³-hybridized carbons (Fsp3) is 0.560. The van der Waals surface area contributed by atoms with E-state index in [1.807, 2.05) is 18.2 Å². The molecule has 1 saturated carbocycles. The number of ether oxygens (including phenoxy) is 2. The predicted octanol–water partition coefficient (Wildman–Crippen LogP) is 1.08. The van der Waals surface area contributed by atoms with Gasteiger partial charge in [0.05, 0.1) is 31.9 Å². The Morgan fingerprint density at radius 1 is 1.16 bits per heavy atom. The maximum absolute atomic E-state index is 13.4. The largest absolute Gasteiger partial charge is 0.495 e. The van der Waals surface area contributed by atoms with Crippen molar-refractivity contribution >= 4 is 23.4 Å². The number of anilines is 1. The number of benzene rings is 1. The molecule has 0 bridgehead atoms. The van der Waals surface area contributed by atoms with E-state index < -0.39 is 18.2 Å². The molecule has 5 rings (SSSR count). The normalized spacial score (nSPS) is 22.0. The summed E-state index contributed by atoms with van der Waals surface area (Å²) in [6, 6.07) is 7.26. The molecule has 12 heteroatoms. The van der Waals surface area contributed by atoms with Crippen molar-refractivity contribution < 1.29 is 33.5 Å². The minimum atomic E-state index is -1.38. The summed E-state index contributed by atoms with van der Waals surface area (Å²) in [5.41, 5.74) is 0.618. The number of rotatable bonds is 10. The molecule has 2 aliphatic heterocycles. The Labute approximate surface area is 214 Å². The number of aromatic nitrogens is 2. The molecule has 198 valence electrons. The highest BCUT2D eigenvalue weighted by Gasteiger charge is 2.46. The molecule has 2 atom stereocenters. The van der Waals surface area contributed by atoms with E-state index in [-0.39, 0.29) is 36.7 Å². The monoisotopic (exact) mass is 513 g/mol. The molecule has 3 heterocycles. The van der Waals surface area contributed by atoms with Crippen LogP contribution in [0.1, 0.15) is 43.8 Å². The van der Waals surface area contributed by atoms with E-state index in [1.165, 1.54) is 4.90 Å². The van der Waals surface area contributed by atoms with Crippen LogP contribution in [0.4, 0.5) is 5.69 Å². The van der Waals surface area contributed by atoms with Gasteiger partial charge in [-0.25, -0.2) is 0 Å². The molecule has 12 nitrogen and oxygen atoms in total.